The van der Waals surface area contributed by atoms with E-state index in [1.807, 2.05) is 14.4 Å². The molecule has 2 nitrogen and oxygen atoms in total. The van der Waals surface area contributed by atoms with Gasteiger partial charge in [0.15, 0.2) is 0 Å². The van der Waals surface area contributed by atoms with Crippen molar-refractivity contribution >= 4 is 11.4 Å². The molecule has 1 heterocycles. The van der Waals surface area contributed by atoms with Gasteiger partial charge in [0.1, 0.15) is 0 Å². The Bertz CT molecular complexity index is 1030. The average molecular weight is 602 g/mol. The van der Waals surface area contributed by atoms with Gasteiger partial charge in [-0.2, -0.15) is 0 Å². The van der Waals surface area contributed by atoms with Gasteiger partial charge < -0.3 is 5.53 Å². The molecule has 0 fully saturated rings. The van der Waals surface area contributed by atoms with Crippen molar-refractivity contribution in [3.8, 4) is 0 Å². The third-order valence-electron chi connectivity index (χ3n) is 7.78. The zero-order valence-corrected chi connectivity index (χ0v) is 28.1. The Morgan fingerprint density at radius 1 is 0.537 bits per heavy atom. The van der Waals surface area contributed by atoms with Crippen LogP contribution in [0.5, 0.6) is 0 Å². The van der Waals surface area contributed by atoms with E-state index in [2.05, 4.69) is 90.1 Å². The van der Waals surface area contributed by atoms with Crippen LogP contribution in [0.25, 0.3) is 16.9 Å². The van der Waals surface area contributed by atoms with Crippen molar-refractivity contribution in [2.45, 2.75) is 142 Å². The number of rotatable bonds is 18. The zero-order valence-electron chi connectivity index (χ0n) is 27.1. The van der Waals surface area contributed by atoms with Gasteiger partial charge in [-0.15, -0.1) is 0 Å². The monoisotopic (exact) mass is 600 g/mol. The van der Waals surface area contributed by atoms with Crippen LogP contribution < -0.4 is 0 Å². The molecule has 2 aromatic rings. The fourth-order valence-electron chi connectivity index (χ4n) is 5.56. The van der Waals surface area contributed by atoms with Gasteiger partial charge in [-0.1, -0.05) is 90.5 Å². The van der Waals surface area contributed by atoms with Gasteiger partial charge in [-0.3, -0.25) is 0 Å². The van der Waals surface area contributed by atoms with E-state index in [0.717, 1.165) is 73.9 Å². The van der Waals surface area contributed by atoms with Crippen molar-refractivity contribution < 1.29 is 19.1 Å². The molecule has 0 saturated heterocycles. The SMILES string of the molecule is CCCCCc1cccc(C2=C(CCCC)C(CCCC)=C(c3cccc(CCCCC)c3)[N+]2=[N-])c1.C[CH2][Ni][CH2]C. The van der Waals surface area contributed by atoms with Crippen molar-refractivity contribution in [3.63, 3.8) is 0 Å². The van der Waals surface area contributed by atoms with Crippen LogP contribution in [0.3, 0.4) is 0 Å². The van der Waals surface area contributed by atoms with Gasteiger partial charge in [0.25, 0.3) is 0 Å². The van der Waals surface area contributed by atoms with E-state index in [-0.39, 0.29) is 0 Å². The molecule has 0 radical (unpaired) electrons. The van der Waals surface area contributed by atoms with E-state index in [1.54, 1.807) is 4.70 Å². The second-order valence-corrected chi connectivity index (χ2v) is 13.0. The summed E-state index contributed by atoms with van der Waals surface area (Å²) < 4.78 is 1.55. The van der Waals surface area contributed by atoms with Crippen LogP contribution in [0.1, 0.15) is 141 Å². The molecule has 1 aliphatic heterocycles. The maximum atomic E-state index is 11.8. The van der Waals surface area contributed by atoms with Crippen LogP contribution in [0.2, 0.25) is 10.8 Å². The topological polar surface area (TPSA) is 25.3 Å². The molecule has 230 valence electrons. The number of hydrogen-bond acceptors (Lipinski definition) is 0. The Morgan fingerprint density at radius 3 is 1.29 bits per heavy atom. The summed E-state index contributed by atoms with van der Waals surface area (Å²) in [4.78, 5) is 0. The van der Waals surface area contributed by atoms with E-state index in [9.17, 15) is 5.53 Å². The first kappa shape index (κ1) is 35.2. The predicted octanol–water partition coefficient (Wildman–Crippen LogP) is 12.6. The molecule has 2 aromatic carbocycles. The molecule has 0 spiro atoms. The summed E-state index contributed by atoms with van der Waals surface area (Å²) in [7, 11) is 0. The molecule has 0 atom stereocenters. The van der Waals surface area contributed by atoms with Crippen LogP contribution in [-0.4, -0.2) is 4.70 Å². The summed E-state index contributed by atoms with van der Waals surface area (Å²) >= 11 is 1.82. The summed E-state index contributed by atoms with van der Waals surface area (Å²) in [6.07, 6.45) is 16.3. The van der Waals surface area contributed by atoms with Crippen molar-refractivity contribution in [3.05, 3.63) is 87.5 Å². The minimum absolute atomic E-state index is 1.01. The summed E-state index contributed by atoms with van der Waals surface area (Å²) in [5.41, 5.74) is 21.6. The quantitative estimate of drug-likeness (QED) is 0.0923. The summed E-state index contributed by atoms with van der Waals surface area (Å²) in [6, 6.07) is 17.9. The van der Waals surface area contributed by atoms with Crippen molar-refractivity contribution in [1.82, 2.24) is 0 Å². The van der Waals surface area contributed by atoms with E-state index in [4.69, 9.17) is 0 Å². The second-order valence-electron chi connectivity index (χ2n) is 11.1. The first-order valence-corrected chi connectivity index (χ1v) is 18.0. The normalized spacial score (nSPS) is 13.3. The number of nitrogens with zero attached hydrogens (tertiary/aromatic N) is 2. The standard InChI is InChI=1S/C34H48N2.2C2H5.Ni/c1-5-9-13-17-27-19-15-21-29(25-27)33-31(23-11-7-3)32(24-12-8-4)34(36(33)35)30-22-16-20-28(26-30)18-14-10-6-2;2*1-2;/h15-16,19-22,25-26H,5-14,17-18,23-24H2,1-4H3;2*1H2,2H3;. The van der Waals surface area contributed by atoms with Crippen molar-refractivity contribution in [2.24, 2.45) is 0 Å². The van der Waals surface area contributed by atoms with E-state index in [0.29, 0.717) is 0 Å². The number of aryl methyl sites for hydroxylation is 2. The Labute approximate surface area is 259 Å². The third-order valence-corrected chi connectivity index (χ3v) is 8.76. The molecule has 3 rings (SSSR count). The maximum absolute atomic E-state index is 11.8. The molecule has 0 saturated carbocycles. The van der Waals surface area contributed by atoms with Crippen molar-refractivity contribution in [1.29, 1.82) is 0 Å². The molecule has 0 aromatic heterocycles. The number of benzene rings is 2. The van der Waals surface area contributed by atoms with Crippen LogP contribution >= 0.6 is 0 Å². The molecular weight excluding hydrogens is 543 g/mol. The van der Waals surface area contributed by atoms with Gasteiger partial charge in [0, 0.05) is 22.3 Å². The van der Waals surface area contributed by atoms with Gasteiger partial charge >= 0.3 is 39.1 Å². The zero-order chi connectivity index (χ0) is 29.9. The number of hydrogen-bond donors (Lipinski definition) is 0. The first-order valence-electron chi connectivity index (χ1n) is 16.6. The first-order chi connectivity index (χ1) is 20.1. The van der Waals surface area contributed by atoms with E-state index >= 15 is 0 Å². The second kappa shape index (κ2) is 20.8. The average Bonchev–Trinajstić information content (AvgIpc) is 3.26. The molecular formula is C38H58N2Ni. The summed E-state index contributed by atoms with van der Waals surface area (Å²) in [5.74, 6) is 0. The molecule has 0 N–H and O–H groups in total. The Morgan fingerprint density at radius 2 is 0.951 bits per heavy atom. The minimum atomic E-state index is 1.01. The molecule has 0 amide bonds. The Hall–Kier alpha value is -1.99. The molecule has 0 aliphatic carbocycles. The van der Waals surface area contributed by atoms with Gasteiger partial charge in [0.2, 0.25) is 11.4 Å². The third kappa shape index (κ3) is 11.3. The number of allylic oxidation sites excluding steroid dienone is 2. The predicted molar refractivity (Wildman–Crippen MR) is 177 cm³/mol. The Balaban J connectivity index is 0.00000108. The van der Waals surface area contributed by atoms with Crippen LogP contribution in [0.4, 0.5) is 0 Å². The molecule has 3 heteroatoms. The summed E-state index contributed by atoms with van der Waals surface area (Å²) in [6.45, 7) is 13.4. The molecule has 1 aliphatic rings. The van der Waals surface area contributed by atoms with Crippen LogP contribution in [-0.2, 0) is 27.3 Å². The molecule has 0 bridgehead atoms. The van der Waals surface area contributed by atoms with Crippen LogP contribution in [0.15, 0.2) is 59.7 Å². The van der Waals surface area contributed by atoms with Gasteiger partial charge in [0.05, 0.1) is 0 Å². The molecule has 0 unspecified atom stereocenters. The fourth-order valence-corrected chi connectivity index (χ4v) is 6.05. The number of unbranched alkanes of at least 4 members (excludes halogenated alkanes) is 6. The summed E-state index contributed by atoms with van der Waals surface area (Å²) in [5, 5.41) is 2.56. The van der Waals surface area contributed by atoms with Crippen molar-refractivity contribution in [2.75, 3.05) is 0 Å². The molecule has 41 heavy (non-hydrogen) atoms. The van der Waals surface area contributed by atoms with Gasteiger partial charge in [-0.05, 0) is 86.8 Å². The van der Waals surface area contributed by atoms with E-state index in [1.165, 1.54) is 71.6 Å². The van der Waals surface area contributed by atoms with Gasteiger partial charge in [-0.25, -0.2) is 4.70 Å². The fraction of sp³-hybridized carbons (Fsp3) is 0.579. The Kier molecular flexibility index (Phi) is 17.9. The van der Waals surface area contributed by atoms with E-state index < -0.39 is 0 Å². The van der Waals surface area contributed by atoms with Crippen LogP contribution in [0, 0.1) is 0 Å².